The van der Waals surface area contributed by atoms with Crippen LogP contribution in [0.3, 0.4) is 0 Å². The quantitative estimate of drug-likeness (QED) is 0.806. The zero-order chi connectivity index (χ0) is 10.9. The fourth-order valence-corrected chi connectivity index (χ4v) is 1.15. The van der Waals surface area contributed by atoms with Crippen LogP contribution in [-0.2, 0) is 0 Å². The second-order valence-corrected chi connectivity index (χ2v) is 3.23. The molecule has 0 saturated carbocycles. The van der Waals surface area contributed by atoms with Gasteiger partial charge in [0.2, 0.25) is 0 Å². The minimum Gasteiger partial charge on any atom is -0.323 e. The minimum atomic E-state index is -4.27. The number of halogens is 3. The highest BCUT2D eigenvalue weighted by atomic mass is 19.4. The molecule has 0 aliphatic rings. The van der Waals surface area contributed by atoms with Crippen LogP contribution in [-0.4, -0.2) is 15.7 Å². The molecular formula is C8H12F3N3. The Morgan fingerprint density at radius 3 is 2.43 bits per heavy atom. The van der Waals surface area contributed by atoms with Gasteiger partial charge in [-0.15, -0.1) is 0 Å². The summed E-state index contributed by atoms with van der Waals surface area (Å²) in [6.07, 6.45) is -1.77. The Bertz CT molecular complexity index is 303. The van der Waals surface area contributed by atoms with Crippen molar-refractivity contribution in [3.63, 3.8) is 0 Å². The van der Waals surface area contributed by atoms with Crippen molar-refractivity contribution >= 4 is 0 Å². The lowest BCUT2D eigenvalue weighted by molar-refractivity contribution is -0.163. The van der Waals surface area contributed by atoms with Crippen LogP contribution in [0, 0.1) is 0 Å². The van der Waals surface area contributed by atoms with Crippen molar-refractivity contribution in [2.24, 2.45) is 5.73 Å². The van der Waals surface area contributed by atoms with Crippen LogP contribution in [0.1, 0.15) is 31.6 Å². The Labute approximate surface area is 79.7 Å². The Balaban J connectivity index is 3.01. The van der Waals surface area contributed by atoms with Crippen molar-refractivity contribution in [2.75, 3.05) is 0 Å². The van der Waals surface area contributed by atoms with Crippen LogP contribution in [0.5, 0.6) is 0 Å². The molecule has 14 heavy (non-hydrogen) atoms. The lowest BCUT2D eigenvalue weighted by Crippen LogP contribution is -2.26. The van der Waals surface area contributed by atoms with Crippen molar-refractivity contribution in [3.05, 3.63) is 18.2 Å². The van der Waals surface area contributed by atoms with Crippen LogP contribution in [0.4, 0.5) is 13.2 Å². The lowest BCUT2D eigenvalue weighted by atomic mass is 10.2. The fourth-order valence-electron chi connectivity index (χ4n) is 1.15. The number of aromatic nitrogens is 2. The smallest absolute Gasteiger partial charge is 0.323 e. The summed E-state index contributed by atoms with van der Waals surface area (Å²) in [5, 5.41) is 0. The maximum absolute atomic E-state index is 12.4. The van der Waals surface area contributed by atoms with Crippen molar-refractivity contribution in [3.8, 4) is 0 Å². The topological polar surface area (TPSA) is 43.8 Å². The van der Waals surface area contributed by atoms with Gasteiger partial charge in [0.15, 0.2) is 0 Å². The number of imidazole rings is 1. The molecule has 1 rings (SSSR count). The number of hydrogen-bond donors (Lipinski definition) is 1. The Morgan fingerprint density at radius 2 is 2.00 bits per heavy atom. The highest BCUT2D eigenvalue weighted by Crippen LogP contribution is 2.31. The maximum Gasteiger partial charge on any atom is 0.408 e. The van der Waals surface area contributed by atoms with Crippen LogP contribution < -0.4 is 5.73 Å². The van der Waals surface area contributed by atoms with E-state index in [0.29, 0.717) is 5.69 Å². The third-order valence-electron chi connectivity index (χ3n) is 2.05. The largest absolute Gasteiger partial charge is 0.408 e. The van der Waals surface area contributed by atoms with Crippen LogP contribution in [0.15, 0.2) is 12.5 Å². The molecule has 6 heteroatoms. The summed E-state index contributed by atoms with van der Waals surface area (Å²) in [6, 6.07) is -2.05. The number of nitrogens with two attached hydrogens (primary N) is 1. The molecule has 0 aliphatic carbocycles. The third kappa shape index (κ3) is 2.06. The molecule has 0 fully saturated rings. The molecule has 1 aromatic heterocycles. The molecule has 0 saturated heterocycles. The van der Waals surface area contributed by atoms with E-state index in [4.69, 9.17) is 5.73 Å². The van der Waals surface area contributed by atoms with E-state index in [1.807, 2.05) is 0 Å². The van der Waals surface area contributed by atoms with Crippen molar-refractivity contribution < 1.29 is 13.2 Å². The molecule has 2 atom stereocenters. The molecule has 0 amide bonds. The Hall–Kier alpha value is -1.04. The lowest BCUT2D eigenvalue weighted by Gasteiger charge is -2.20. The number of alkyl halides is 3. The van der Waals surface area contributed by atoms with Gasteiger partial charge in [0.25, 0.3) is 0 Å². The second-order valence-electron chi connectivity index (χ2n) is 3.23. The van der Waals surface area contributed by atoms with Gasteiger partial charge in [-0.1, -0.05) is 0 Å². The van der Waals surface area contributed by atoms with Gasteiger partial charge in [-0.05, 0) is 13.8 Å². The normalized spacial score (nSPS) is 16.7. The van der Waals surface area contributed by atoms with Gasteiger partial charge >= 0.3 is 6.18 Å². The number of rotatable bonds is 2. The summed E-state index contributed by atoms with van der Waals surface area (Å²) in [7, 11) is 0. The van der Waals surface area contributed by atoms with E-state index in [0.717, 1.165) is 17.8 Å². The highest BCUT2D eigenvalue weighted by molar-refractivity contribution is 5.05. The molecule has 0 aromatic carbocycles. The Morgan fingerprint density at radius 1 is 1.43 bits per heavy atom. The van der Waals surface area contributed by atoms with Crippen LogP contribution in [0.2, 0.25) is 0 Å². The first-order valence-corrected chi connectivity index (χ1v) is 4.18. The summed E-state index contributed by atoms with van der Waals surface area (Å²) < 4.78 is 38.1. The summed E-state index contributed by atoms with van der Waals surface area (Å²) in [5.41, 5.74) is 5.90. The van der Waals surface area contributed by atoms with E-state index < -0.39 is 18.3 Å². The molecule has 0 radical (unpaired) electrons. The average molecular weight is 207 g/mol. The van der Waals surface area contributed by atoms with Crippen molar-refractivity contribution in [1.82, 2.24) is 9.55 Å². The first-order valence-electron chi connectivity index (χ1n) is 4.18. The van der Waals surface area contributed by atoms with Gasteiger partial charge in [0.1, 0.15) is 6.04 Å². The Kier molecular flexibility index (Phi) is 2.84. The molecule has 0 spiro atoms. The zero-order valence-corrected chi connectivity index (χ0v) is 7.92. The standard InChI is InChI=1S/C8H12F3N3/c1-5(12)7-3-13-4-14(7)6(2)8(9,10)11/h3-6H,12H2,1-2H3/t5-,6?/m1/s1. The first kappa shape index (κ1) is 11.0. The van der Waals surface area contributed by atoms with Gasteiger partial charge in [-0.25, -0.2) is 4.98 Å². The molecular weight excluding hydrogens is 195 g/mol. The molecule has 2 N–H and O–H groups in total. The van der Waals surface area contributed by atoms with Crippen LogP contribution in [0.25, 0.3) is 0 Å². The first-order chi connectivity index (χ1) is 6.34. The van der Waals surface area contributed by atoms with E-state index in [-0.39, 0.29) is 0 Å². The van der Waals surface area contributed by atoms with E-state index in [1.165, 1.54) is 6.20 Å². The summed E-state index contributed by atoms with van der Waals surface area (Å²) >= 11 is 0. The van der Waals surface area contributed by atoms with E-state index in [9.17, 15) is 13.2 Å². The molecule has 80 valence electrons. The fraction of sp³-hybridized carbons (Fsp3) is 0.625. The third-order valence-corrected chi connectivity index (χ3v) is 2.05. The predicted molar refractivity (Wildman–Crippen MR) is 45.6 cm³/mol. The molecule has 1 heterocycles. The molecule has 0 bridgehead atoms. The molecule has 3 nitrogen and oxygen atoms in total. The van der Waals surface area contributed by atoms with Gasteiger partial charge in [-0.2, -0.15) is 13.2 Å². The van der Waals surface area contributed by atoms with Gasteiger partial charge < -0.3 is 10.3 Å². The average Bonchev–Trinajstić information content (AvgIpc) is 2.48. The second kappa shape index (κ2) is 3.61. The highest BCUT2D eigenvalue weighted by Gasteiger charge is 2.38. The summed E-state index contributed by atoms with van der Waals surface area (Å²) in [4.78, 5) is 3.66. The van der Waals surface area contributed by atoms with Gasteiger partial charge in [0.05, 0.1) is 12.0 Å². The van der Waals surface area contributed by atoms with E-state index in [2.05, 4.69) is 4.98 Å². The van der Waals surface area contributed by atoms with Crippen molar-refractivity contribution in [2.45, 2.75) is 32.1 Å². The van der Waals surface area contributed by atoms with Gasteiger partial charge in [0, 0.05) is 12.2 Å². The van der Waals surface area contributed by atoms with Gasteiger partial charge in [-0.3, -0.25) is 0 Å². The van der Waals surface area contributed by atoms with Crippen LogP contribution >= 0.6 is 0 Å². The molecule has 1 unspecified atom stereocenters. The SMILES string of the molecule is CC(n1cncc1[C@@H](C)N)C(F)(F)F. The number of nitrogens with zero attached hydrogens (tertiary/aromatic N) is 2. The minimum absolute atomic E-state index is 0.384. The summed E-state index contributed by atoms with van der Waals surface area (Å²) in [5.74, 6) is 0. The monoisotopic (exact) mass is 207 g/mol. The van der Waals surface area contributed by atoms with E-state index in [1.54, 1.807) is 6.92 Å². The summed E-state index contributed by atoms with van der Waals surface area (Å²) in [6.45, 7) is 2.70. The van der Waals surface area contributed by atoms with Crippen molar-refractivity contribution in [1.29, 1.82) is 0 Å². The maximum atomic E-state index is 12.4. The predicted octanol–water partition coefficient (Wildman–Crippen LogP) is 2.03. The van der Waals surface area contributed by atoms with E-state index >= 15 is 0 Å². The zero-order valence-electron chi connectivity index (χ0n) is 7.92. The molecule has 0 aliphatic heterocycles. The molecule has 1 aromatic rings. The number of hydrogen-bond acceptors (Lipinski definition) is 2.